The first kappa shape index (κ1) is 56.8. The molecule has 0 aliphatic rings. The van der Waals surface area contributed by atoms with Crippen LogP contribution in [0.15, 0.2) is 170 Å². The Hall–Kier alpha value is -4.25. The number of unbranched alkanes of at least 4 members (excludes halogenated alkanes) is 7. The molecular weight excluding hydrogens is 747 g/mol. The molecule has 0 radical (unpaired) electrons. The summed E-state index contributed by atoms with van der Waals surface area (Å²) in [6.07, 6.45) is 83.3. The molecule has 338 valence electrons. The summed E-state index contributed by atoms with van der Waals surface area (Å²) in [4.78, 5) is 12.4. The lowest BCUT2D eigenvalue weighted by atomic mass is 10.1. The SMILES string of the molecule is CC/C=C\C/C=C\C/C=C\C/C=C\C/C=C\C/C=C\C/C=C\C/C=C\C/C=C\C/C=C\C/C=C\CCCCCC(=O)NC(CO)C(O)/C=C/CC/C=C/CC/C=C/CCCC. The lowest BCUT2D eigenvalue weighted by Gasteiger charge is -2.19. The molecule has 0 heterocycles. The highest BCUT2D eigenvalue weighted by Crippen LogP contribution is 2.07. The number of amides is 1. The molecule has 1 amide bonds. The van der Waals surface area contributed by atoms with Crippen LogP contribution in [-0.4, -0.2) is 34.9 Å². The highest BCUT2D eigenvalue weighted by atomic mass is 16.3. The summed E-state index contributed by atoms with van der Waals surface area (Å²) in [6, 6.07) is -0.675. The molecule has 4 heteroatoms. The van der Waals surface area contributed by atoms with Gasteiger partial charge in [0.2, 0.25) is 5.91 Å². The fourth-order valence-corrected chi connectivity index (χ4v) is 5.79. The van der Waals surface area contributed by atoms with Crippen LogP contribution in [0.25, 0.3) is 0 Å². The minimum atomic E-state index is -0.896. The first-order chi connectivity index (χ1) is 30.2. The number of aliphatic hydroxyl groups is 2. The summed E-state index contributed by atoms with van der Waals surface area (Å²) >= 11 is 0. The number of carbonyl (C=O) groups excluding carboxylic acids is 1. The van der Waals surface area contributed by atoms with Crippen LogP contribution in [0.3, 0.4) is 0 Å². The highest BCUT2D eigenvalue weighted by molar-refractivity contribution is 5.76. The van der Waals surface area contributed by atoms with Crippen LogP contribution in [0, 0.1) is 0 Å². The summed E-state index contributed by atoms with van der Waals surface area (Å²) in [5.74, 6) is -0.121. The monoisotopic (exact) mass is 834 g/mol. The van der Waals surface area contributed by atoms with Gasteiger partial charge in [0.1, 0.15) is 0 Å². The van der Waals surface area contributed by atoms with Crippen molar-refractivity contribution in [2.24, 2.45) is 0 Å². The first-order valence-electron chi connectivity index (χ1n) is 23.8. The van der Waals surface area contributed by atoms with E-state index in [9.17, 15) is 15.0 Å². The number of aliphatic hydroxyl groups excluding tert-OH is 2. The van der Waals surface area contributed by atoms with Gasteiger partial charge in [0, 0.05) is 6.42 Å². The van der Waals surface area contributed by atoms with Crippen molar-refractivity contribution in [3.63, 3.8) is 0 Å². The van der Waals surface area contributed by atoms with E-state index in [0.717, 1.165) is 122 Å². The van der Waals surface area contributed by atoms with Gasteiger partial charge in [-0.3, -0.25) is 4.79 Å². The number of hydrogen-bond acceptors (Lipinski definition) is 3. The van der Waals surface area contributed by atoms with Gasteiger partial charge in [-0.2, -0.15) is 0 Å². The summed E-state index contributed by atoms with van der Waals surface area (Å²) in [5.41, 5.74) is 0. The number of nitrogens with one attached hydrogen (secondary N) is 1. The summed E-state index contributed by atoms with van der Waals surface area (Å²) in [5, 5.41) is 22.9. The van der Waals surface area contributed by atoms with Gasteiger partial charge in [0.05, 0.1) is 18.8 Å². The first-order valence-corrected chi connectivity index (χ1v) is 23.8. The summed E-state index contributed by atoms with van der Waals surface area (Å²) in [6.45, 7) is 4.08. The van der Waals surface area contributed by atoms with Gasteiger partial charge in [-0.25, -0.2) is 0 Å². The molecule has 0 aliphatic carbocycles. The van der Waals surface area contributed by atoms with Crippen LogP contribution in [0.5, 0.6) is 0 Å². The van der Waals surface area contributed by atoms with Gasteiger partial charge in [0.15, 0.2) is 0 Å². The highest BCUT2D eigenvalue weighted by Gasteiger charge is 2.17. The van der Waals surface area contributed by atoms with Crippen LogP contribution in [-0.2, 0) is 4.79 Å². The number of allylic oxidation sites excluding steroid dienone is 27. The molecule has 0 aromatic heterocycles. The van der Waals surface area contributed by atoms with Crippen molar-refractivity contribution >= 4 is 5.91 Å². The van der Waals surface area contributed by atoms with E-state index in [-0.39, 0.29) is 12.5 Å². The minimum Gasteiger partial charge on any atom is -0.394 e. The molecule has 0 rings (SSSR count). The quantitative estimate of drug-likeness (QED) is 0.0425. The van der Waals surface area contributed by atoms with E-state index < -0.39 is 12.1 Å². The second kappa shape index (κ2) is 50.1. The molecule has 0 aromatic carbocycles. The molecule has 2 unspecified atom stereocenters. The summed E-state index contributed by atoms with van der Waals surface area (Å²) in [7, 11) is 0. The third-order valence-corrected chi connectivity index (χ3v) is 9.41. The van der Waals surface area contributed by atoms with E-state index in [4.69, 9.17) is 0 Å². The molecule has 3 N–H and O–H groups in total. The Balaban J connectivity index is 3.78. The molecule has 0 saturated heterocycles. The normalized spacial score (nSPS) is 14.5. The Labute approximate surface area is 375 Å². The van der Waals surface area contributed by atoms with Crippen LogP contribution >= 0.6 is 0 Å². The van der Waals surface area contributed by atoms with E-state index in [1.165, 1.54) is 19.3 Å². The van der Waals surface area contributed by atoms with E-state index >= 15 is 0 Å². The van der Waals surface area contributed by atoms with Gasteiger partial charge in [-0.15, -0.1) is 0 Å². The Morgan fingerprint density at radius 1 is 0.410 bits per heavy atom. The molecule has 0 aliphatic heterocycles. The average molecular weight is 834 g/mol. The molecule has 61 heavy (non-hydrogen) atoms. The smallest absolute Gasteiger partial charge is 0.220 e. The summed E-state index contributed by atoms with van der Waals surface area (Å²) < 4.78 is 0. The predicted octanol–water partition coefficient (Wildman–Crippen LogP) is 15.6. The Bertz CT molecular complexity index is 1410. The second-order valence-electron chi connectivity index (χ2n) is 15.1. The van der Waals surface area contributed by atoms with E-state index in [0.29, 0.717) is 6.42 Å². The number of hydrogen-bond donors (Lipinski definition) is 3. The predicted molar refractivity (Wildman–Crippen MR) is 271 cm³/mol. The lowest BCUT2D eigenvalue weighted by Crippen LogP contribution is -2.45. The molecule has 0 bridgehead atoms. The largest absolute Gasteiger partial charge is 0.394 e. The topological polar surface area (TPSA) is 69.6 Å². The third kappa shape index (κ3) is 46.7. The van der Waals surface area contributed by atoms with Gasteiger partial charge in [0.25, 0.3) is 0 Å². The number of carbonyl (C=O) groups is 1. The van der Waals surface area contributed by atoms with Crippen molar-refractivity contribution in [2.45, 2.75) is 174 Å². The zero-order chi connectivity index (χ0) is 44.2. The van der Waals surface area contributed by atoms with E-state index in [1.807, 2.05) is 6.08 Å². The van der Waals surface area contributed by atoms with Crippen molar-refractivity contribution < 1.29 is 15.0 Å². The Kier molecular flexibility index (Phi) is 46.6. The van der Waals surface area contributed by atoms with Crippen molar-refractivity contribution in [1.82, 2.24) is 5.32 Å². The van der Waals surface area contributed by atoms with Gasteiger partial charge < -0.3 is 15.5 Å². The molecule has 4 nitrogen and oxygen atoms in total. The maximum atomic E-state index is 12.4. The van der Waals surface area contributed by atoms with Gasteiger partial charge in [-0.1, -0.05) is 203 Å². The average Bonchev–Trinajstić information content (AvgIpc) is 3.26. The van der Waals surface area contributed by atoms with Gasteiger partial charge in [-0.05, 0) is 122 Å². The fourth-order valence-electron chi connectivity index (χ4n) is 5.79. The molecule has 0 fully saturated rings. The second-order valence-corrected chi connectivity index (χ2v) is 15.1. The maximum Gasteiger partial charge on any atom is 0.220 e. The van der Waals surface area contributed by atoms with Crippen LogP contribution < -0.4 is 5.32 Å². The Morgan fingerprint density at radius 3 is 1.11 bits per heavy atom. The van der Waals surface area contributed by atoms with Crippen LogP contribution in [0.4, 0.5) is 0 Å². The van der Waals surface area contributed by atoms with Crippen molar-refractivity contribution in [2.75, 3.05) is 6.61 Å². The van der Waals surface area contributed by atoms with Crippen LogP contribution in [0.1, 0.15) is 162 Å². The zero-order valence-corrected chi connectivity index (χ0v) is 38.6. The minimum absolute atomic E-state index is 0.121. The molecule has 0 aromatic rings. The van der Waals surface area contributed by atoms with E-state index in [1.54, 1.807) is 6.08 Å². The standard InChI is InChI=1S/C57H87NO3/c1-3-5-7-9-11-13-15-17-18-19-20-21-22-23-24-25-26-27-28-29-30-31-32-33-34-35-36-37-38-39-40-41-43-45-47-49-51-53-57(61)58-55(54-59)56(60)52-50-48-46-44-42-16-14-12-10-8-6-4-2/h5,7,10-13,17-18,20-21,23-24,26-27,29-30,32-33,35-36,38-39,41-44,50,52,55-56,59-60H,3-4,6,8-9,14-16,19,22,25,28,31,34,37,40,45-49,51,53-54H2,1-2H3,(H,58,61)/b7-5-,12-10+,13-11-,18-17-,21-20-,24-23-,27-26-,30-29-,33-32-,36-35-,39-38-,43-41-,44-42+,52-50+. The third-order valence-electron chi connectivity index (χ3n) is 9.41. The number of rotatable bonds is 40. The van der Waals surface area contributed by atoms with Crippen molar-refractivity contribution in [1.29, 1.82) is 0 Å². The van der Waals surface area contributed by atoms with Crippen molar-refractivity contribution in [3.8, 4) is 0 Å². The molecular formula is C57H87NO3. The molecule has 2 atom stereocenters. The zero-order valence-electron chi connectivity index (χ0n) is 38.6. The van der Waals surface area contributed by atoms with Crippen LogP contribution in [0.2, 0.25) is 0 Å². The van der Waals surface area contributed by atoms with Crippen molar-refractivity contribution in [3.05, 3.63) is 170 Å². The molecule has 0 spiro atoms. The lowest BCUT2D eigenvalue weighted by molar-refractivity contribution is -0.123. The fraction of sp³-hybridized carbons (Fsp3) is 0.491. The molecule has 0 saturated carbocycles. The maximum absolute atomic E-state index is 12.4. The Morgan fingerprint density at radius 2 is 0.738 bits per heavy atom. The van der Waals surface area contributed by atoms with E-state index in [2.05, 4.69) is 177 Å². The van der Waals surface area contributed by atoms with Gasteiger partial charge >= 0.3 is 0 Å².